The highest BCUT2D eigenvalue weighted by molar-refractivity contribution is 7.93. The lowest BCUT2D eigenvalue weighted by atomic mass is 10.3. The van der Waals surface area contributed by atoms with E-state index in [-0.39, 0.29) is 22.2 Å². The minimum Gasteiger partial charge on any atom is -0.609 e. The summed E-state index contributed by atoms with van der Waals surface area (Å²) in [6.45, 7) is -3.02. The number of alkyl halides is 2. The molecule has 13 heteroatoms. The zero-order valence-corrected chi connectivity index (χ0v) is 19.5. The number of fused-ring (bicyclic) bond motifs is 1. The largest absolute Gasteiger partial charge is 0.609 e. The maximum Gasteiger partial charge on any atom is 0.387 e. The summed E-state index contributed by atoms with van der Waals surface area (Å²) in [5.74, 6) is 0.453. The molecule has 4 aromatic rings. The molecule has 2 unspecified atom stereocenters. The molecule has 2 atom stereocenters. The molecule has 34 heavy (non-hydrogen) atoms. The minimum atomic E-state index is -3.02. The molecule has 0 fully saturated rings. The predicted octanol–water partition coefficient (Wildman–Crippen LogP) is 3.32. The summed E-state index contributed by atoms with van der Waals surface area (Å²) in [5, 5.41) is -0.0435. The molecule has 0 aliphatic rings. The van der Waals surface area contributed by atoms with E-state index >= 15 is 0 Å². The Hall–Kier alpha value is -3.13. The lowest BCUT2D eigenvalue weighted by molar-refractivity contribution is -0.0497. The van der Waals surface area contributed by atoms with Crippen LogP contribution in [0.15, 0.2) is 65.0 Å². The quantitative estimate of drug-likeness (QED) is 0.316. The maximum atomic E-state index is 13.5. The van der Waals surface area contributed by atoms with E-state index in [1.54, 1.807) is 18.2 Å². The van der Waals surface area contributed by atoms with Gasteiger partial charge in [0.2, 0.25) is 0 Å². The summed E-state index contributed by atoms with van der Waals surface area (Å²) in [4.78, 5) is 12.9. The molecule has 0 radical (unpaired) electrons. The molecule has 1 aromatic carbocycles. The summed E-state index contributed by atoms with van der Waals surface area (Å²) in [5.41, 5.74) is 0.842. The van der Waals surface area contributed by atoms with Crippen molar-refractivity contribution in [3.8, 4) is 17.2 Å². The Morgan fingerprint density at radius 1 is 1.09 bits per heavy atom. The average molecular weight is 509 g/mol. The van der Waals surface area contributed by atoms with E-state index in [1.165, 1.54) is 55.0 Å². The van der Waals surface area contributed by atoms with Gasteiger partial charge in [0.25, 0.3) is 0 Å². The number of halogens is 2. The Morgan fingerprint density at radius 3 is 2.59 bits per heavy atom. The van der Waals surface area contributed by atoms with Crippen LogP contribution in [0.25, 0.3) is 11.0 Å². The van der Waals surface area contributed by atoms with Gasteiger partial charge in [-0.3, -0.25) is 9.97 Å². The summed E-state index contributed by atoms with van der Waals surface area (Å²) in [6, 6.07) is 8.81. The number of pyridine rings is 2. The fourth-order valence-electron chi connectivity index (χ4n) is 3.19. The number of methoxy groups -OCH3 is 2. The van der Waals surface area contributed by atoms with Crippen molar-refractivity contribution in [3.05, 3.63) is 60.7 Å². The zero-order valence-electron chi connectivity index (χ0n) is 17.9. The number of aromatic nitrogens is 4. The molecular weight excluding hydrogens is 490 g/mol. The van der Waals surface area contributed by atoms with E-state index in [0.717, 1.165) is 0 Å². The van der Waals surface area contributed by atoms with Gasteiger partial charge in [-0.15, -0.1) is 0 Å². The van der Waals surface area contributed by atoms with Crippen molar-refractivity contribution in [1.82, 2.24) is 18.9 Å². The van der Waals surface area contributed by atoms with E-state index in [2.05, 4.69) is 19.7 Å². The van der Waals surface area contributed by atoms with Gasteiger partial charge in [-0.2, -0.15) is 13.8 Å². The molecule has 0 aliphatic carbocycles. The van der Waals surface area contributed by atoms with Crippen molar-refractivity contribution in [2.75, 3.05) is 14.2 Å². The number of imidazole rings is 1. The second kappa shape index (κ2) is 10.4. The number of hydrogen-bond acceptors (Lipinski definition) is 8. The Balaban J connectivity index is 1.80. The van der Waals surface area contributed by atoms with Gasteiger partial charge in [0.05, 0.1) is 20.4 Å². The second-order valence-corrected chi connectivity index (χ2v) is 9.32. The predicted molar refractivity (Wildman–Crippen MR) is 120 cm³/mol. The smallest absolute Gasteiger partial charge is 0.387 e. The van der Waals surface area contributed by atoms with Gasteiger partial charge < -0.3 is 23.3 Å². The van der Waals surface area contributed by atoms with Gasteiger partial charge in [0.1, 0.15) is 33.8 Å². The van der Waals surface area contributed by atoms with Gasteiger partial charge in [0.15, 0.2) is 22.1 Å². The molecule has 3 aromatic heterocycles. The van der Waals surface area contributed by atoms with Gasteiger partial charge in [0, 0.05) is 35.7 Å². The lowest BCUT2D eigenvalue weighted by Gasteiger charge is -2.15. The van der Waals surface area contributed by atoms with E-state index in [1.807, 2.05) is 0 Å². The number of nitrogens with zero attached hydrogens (tertiary/aromatic N) is 4. The van der Waals surface area contributed by atoms with Crippen LogP contribution in [0.4, 0.5) is 8.78 Å². The monoisotopic (exact) mass is 508 g/mol. The van der Waals surface area contributed by atoms with Gasteiger partial charge >= 0.3 is 11.8 Å². The topological polar surface area (TPSA) is 117 Å². The van der Waals surface area contributed by atoms with Crippen molar-refractivity contribution < 1.29 is 32.1 Å². The summed E-state index contributed by atoms with van der Waals surface area (Å²) < 4.78 is 68.6. The van der Waals surface area contributed by atoms with Crippen LogP contribution < -0.4 is 14.2 Å². The van der Waals surface area contributed by atoms with Crippen LogP contribution in [0.5, 0.6) is 17.2 Å². The van der Waals surface area contributed by atoms with Crippen LogP contribution in [0.1, 0.15) is 5.69 Å². The van der Waals surface area contributed by atoms with Crippen LogP contribution in [-0.2, 0) is 28.3 Å². The van der Waals surface area contributed by atoms with Crippen LogP contribution in [0.3, 0.4) is 0 Å². The highest BCUT2D eigenvalue weighted by Gasteiger charge is 2.33. The van der Waals surface area contributed by atoms with Crippen LogP contribution >= 0.6 is 0 Å². The Kier molecular flexibility index (Phi) is 7.36. The molecule has 0 saturated carbocycles. The molecule has 0 saturated heterocycles. The molecule has 4 rings (SSSR count). The molecule has 178 valence electrons. The normalized spacial score (nSPS) is 13.1. The first kappa shape index (κ1) is 24.0. The number of ether oxygens (including phenoxy) is 3. The third-order valence-electron chi connectivity index (χ3n) is 4.62. The zero-order chi connectivity index (χ0) is 24.2. The SMILES string of the molecule is COc1ccnc(C[S+]([O-])c2nc3cc(OC(F)F)ccc3n2[S+]([O-])c2cccnc2)c1OC. The molecule has 0 aliphatic heterocycles. The van der Waals surface area contributed by atoms with Crippen molar-refractivity contribution in [3.63, 3.8) is 0 Å². The van der Waals surface area contributed by atoms with Gasteiger partial charge in [-0.25, -0.2) is 0 Å². The minimum absolute atomic E-state index is 0.0435. The molecule has 0 spiro atoms. The van der Waals surface area contributed by atoms with Crippen molar-refractivity contribution in [1.29, 1.82) is 0 Å². The summed E-state index contributed by atoms with van der Waals surface area (Å²) in [7, 11) is 2.90. The van der Waals surface area contributed by atoms with E-state index in [9.17, 15) is 17.9 Å². The average Bonchev–Trinajstić information content (AvgIpc) is 3.22. The van der Waals surface area contributed by atoms with E-state index in [4.69, 9.17) is 9.47 Å². The van der Waals surface area contributed by atoms with Crippen molar-refractivity contribution in [2.45, 2.75) is 22.4 Å². The molecular formula is C21H18F2N4O5S2. The Labute approximate surface area is 199 Å². The van der Waals surface area contributed by atoms with Gasteiger partial charge in [-0.05, 0) is 24.3 Å². The molecule has 9 nitrogen and oxygen atoms in total. The third-order valence-corrected chi connectivity index (χ3v) is 7.30. The fraction of sp³-hybridized carbons (Fsp3) is 0.190. The number of rotatable bonds is 9. The van der Waals surface area contributed by atoms with Gasteiger partial charge in [-0.1, -0.05) is 3.97 Å². The highest BCUT2D eigenvalue weighted by atomic mass is 32.2. The van der Waals surface area contributed by atoms with Crippen LogP contribution in [0.2, 0.25) is 0 Å². The lowest BCUT2D eigenvalue weighted by Crippen LogP contribution is -2.20. The van der Waals surface area contributed by atoms with Crippen molar-refractivity contribution in [2.24, 2.45) is 0 Å². The number of hydrogen-bond donors (Lipinski definition) is 0. The maximum absolute atomic E-state index is 13.5. The first-order chi connectivity index (χ1) is 16.4. The Bertz CT molecular complexity index is 1280. The molecule has 0 N–H and O–H groups in total. The summed E-state index contributed by atoms with van der Waals surface area (Å²) in [6.07, 6.45) is 4.43. The molecule has 0 bridgehead atoms. The standard InChI is InChI=1S/C21H18F2N4O5S2/c1-30-18-7-9-25-16(19(18)31-2)12-33(28)21-26-15-10-13(32-20(22)23)5-6-17(15)27(21)34(29)14-4-3-8-24-11-14/h3-11,20H,12H2,1-2H3. The first-order valence-corrected chi connectivity index (χ1v) is 12.1. The number of benzene rings is 1. The van der Waals surface area contributed by atoms with E-state index < -0.39 is 29.1 Å². The van der Waals surface area contributed by atoms with E-state index in [0.29, 0.717) is 27.6 Å². The summed E-state index contributed by atoms with van der Waals surface area (Å²) >= 11 is -3.74. The third kappa shape index (κ3) is 4.87. The first-order valence-electron chi connectivity index (χ1n) is 9.66. The van der Waals surface area contributed by atoms with Crippen LogP contribution in [0, 0.1) is 0 Å². The highest BCUT2D eigenvalue weighted by Crippen LogP contribution is 2.33. The van der Waals surface area contributed by atoms with Crippen LogP contribution in [-0.4, -0.2) is 48.9 Å². The Morgan fingerprint density at radius 2 is 1.91 bits per heavy atom. The van der Waals surface area contributed by atoms with Crippen molar-refractivity contribution >= 4 is 33.6 Å². The molecule has 0 amide bonds. The second-order valence-electron chi connectivity index (χ2n) is 6.64. The fourth-order valence-corrected chi connectivity index (χ4v) is 5.79. The molecule has 3 heterocycles.